The lowest BCUT2D eigenvalue weighted by Gasteiger charge is -2.42. The van der Waals surface area contributed by atoms with Gasteiger partial charge in [-0.25, -0.2) is 8.42 Å². The molecule has 0 spiro atoms. The summed E-state index contributed by atoms with van der Waals surface area (Å²) in [4.78, 5) is 2.43. The number of nitrogens with zero attached hydrogens (tertiary/aromatic N) is 1. The zero-order valence-corrected chi connectivity index (χ0v) is 12.4. The fraction of sp³-hybridized carbons (Fsp3) is 1.00. The maximum Gasteiger partial charge on any atom is 0.153 e. The fourth-order valence-electron chi connectivity index (χ4n) is 3.45. The topological polar surface area (TPSA) is 49.4 Å². The van der Waals surface area contributed by atoms with E-state index in [2.05, 4.69) is 24.1 Å². The van der Waals surface area contributed by atoms with Crippen LogP contribution in [0.3, 0.4) is 0 Å². The molecule has 5 heteroatoms. The highest BCUT2D eigenvalue weighted by Gasteiger charge is 2.34. The minimum absolute atomic E-state index is 0.199. The molecule has 1 aliphatic carbocycles. The summed E-state index contributed by atoms with van der Waals surface area (Å²) in [6.07, 6.45) is 4.88. The quantitative estimate of drug-likeness (QED) is 0.835. The molecule has 1 saturated heterocycles. The second kappa shape index (κ2) is 5.88. The summed E-state index contributed by atoms with van der Waals surface area (Å²) in [6.45, 7) is 6.00. The van der Waals surface area contributed by atoms with E-state index in [9.17, 15) is 8.42 Å². The molecule has 4 nitrogen and oxygen atoms in total. The maximum absolute atomic E-state index is 11.6. The Hall–Kier alpha value is -0.130. The average molecular weight is 274 g/mol. The molecule has 0 amide bonds. The van der Waals surface area contributed by atoms with Crippen molar-refractivity contribution in [2.45, 2.75) is 57.7 Å². The molecule has 2 fully saturated rings. The van der Waals surface area contributed by atoms with E-state index in [4.69, 9.17) is 0 Å². The molecular weight excluding hydrogens is 248 g/mol. The molecule has 2 aliphatic rings. The predicted molar refractivity (Wildman–Crippen MR) is 74.5 cm³/mol. The van der Waals surface area contributed by atoms with Crippen molar-refractivity contribution in [3.8, 4) is 0 Å². The van der Waals surface area contributed by atoms with Crippen molar-refractivity contribution in [2.75, 3.05) is 24.6 Å². The van der Waals surface area contributed by atoms with Crippen LogP contribution in [0.2, 0.25) is 0 Å². The Kier molecular flexibility index (Phi) is 4.67. The van der Waals surface area contributed by atoms with Crippen molar-refractivity contribution >= 4 is 9.84 Å². The van der Waals surface area contributed by atoms with Crippen LogP contribution in [-0.2, 0) is 9.84 Å². The van der Waals surface area contributed by atoms with E-state index >= 15 is 0 Å². The summed E-state index contributed by atoms with van der Waals surface area (Å²) in [5, 5.41) is 3.52. The van der Waals surface area contributed by atoms with Crippen molar-refractivity contribution in [1.29, 1.82) is 0 Å². The minimum Gasteiger partial charge on any atom is -0.314 e. The Labute approximate surface area is 111 Å². The molecule has 1 unspecified atom stereocenters. The van der Waals surface area contributed by atoms with Gasteiger partial charge in [-0.1, -0.05) is 6.92 Å². The highest BCUT2D eigenvalue weighted by molar-refractivity contribution is 7.91. The Morgan fingerprint density at radius 1 is 1.22 bits per heavy atom. The number of hydrogen-bond donors (Lipinski definition) is 1. The van der Waals surface area contributed by atoms with Crippen molar-refractivity contribution < 1.29 is 8.42 Å². The van der Waals surface area contributed by atoms with Gasteiger partial charge < -0.3 is 5.32 Å². The van der Waals surface area contributed by atoms with Gasteiger partial charge in [-0.05, 0) is 39.2 Å². The van der Waals surface area contributed by atoms with Crippen LogP contribution in [0.4, 0.5) is 0 Å². The van der Waals surface area contributed by atoms with Gasteiger partial charge in [0.2, 0.25) is 0 Å². The smallest absolute Gasteiger partial charge is 0.153 e. The molecule has 2 rings (SSSR count). The second-order valence-electron chi connectivity index (χ2n) is 5.76. The van der Waals surface area contributed by atoms with Crippen molar-refractivity contribution in [2.24, 2.45) is 0 Å². The molecule has 106 valence electrons. The molecule has 1 aliphatic heterocycles. The first-order chi connectivity index (χ1) is 8.52. The third-order valence-corrected chi connectivity index (χ3v) is 6.18. The van der Waals surface area contributed by atoms with Gasteiger partial charge in [-0.2, -0.15) is 0 Å². The lowest BCUT2D eigenvalue weighted by molar-refractivity contribution is 0.115. The maximum atomic E-state index is 11.6. The Morgan fingerprint density at radius 2 is 1.89 bits per heavy atom. The monoisotopic (exact) mass is 274 g/mol. The van der Waals surface area contributed by atoms with Gasteiger partial charge in [-0.3, -0.25) is 4.90 Å². The summed E-state index contributed by atoms with van der Waals surface area (Å²) in [7, 11) is -2.78. The van der Waals surface area contributed by atoms with Gasteiger partial charge in [0.1, 0.15) is 0 Å². The predicted octanol–water partition coefficient (Wildman–Crippen LogP) is 1.03. The van der Waals surface area contributed by atoms with E-state index in [1.54, 1.807) is 0 Å². The summed E-state index contributed by atoms with van der Waals surface area (Å²) in [5.74, 6) is 0.699. The number of sulfone groups is 1. The molecule has 1 saturated carbocycles. The summed E-state index contributed by atoms with van der Waals surface area (Å²) < 4.78 is 23.2. The van der Waals surface area contributed by atoms with Crippen molar-refractivity contribution in [3.05, 3.63) is 0 Å². The summed E-state index contributed by atoms with van der Waals surface area (Å²) in [6, 6.07) is 1.48. The SMILES string of the molecule is CCNC1CCC(N2CCS(=O)(=O)CC2C)CC1. The van der Waals surface area contributed by atoms with E-state index in [0.29, 0.717) is 23.6 Å². The van der Waals surface area contributed by atoms with E-state index in [1.807, 2.05) is 0 Å². The number of hydrogen-bond acceptors (Lipinski definition) is 4. The lowest BCUT2D eigenvalue weighted by Crippen LogP contribution is -2.53. The van der Waals surface area contributed by atoms with Crippen LogP contribution >= 0.6 is 0 Å². The molecule has 0 aromatic rings. The standard InChI is InChI=1S/C13H26N2O2S/c1-3-14-12-4-6-13(7-5-12)15-8-9-18(16,17)10-11(15)2/h11-14H,3-10H2,1-2H3. The van der Waals surface area contributed by atoms with Crippen LogP contribution in [0, 0.1) is 0 Å². The van der Waals surface area contributed by atoms with Gasteiger partial charge in [0.05, 0.1) is 11.5 Å². The average Bonchev–Trinajstić information content (AvgIpc) is 2.30. The van der Waals surface area contributed by atoms with Crippen LogP contribution in [0.1, 0.15) is 39.5 Å². The lowest BCUT2D eigenvalue weighted by atomic mass is 9.89. The largest absolute Gasteiger partial charge is 0.314 e. The van der Waals surface area contributed by atoms with Crippen LogP contribution in [-0.4, -0.2) is 56.0 Å². The molecule has 1 N–H and O–H groups in total. The van der Waals surface area contributed by atoms with Gasteiger partial charge in [-0.15, -0.1) is 0 Å². The van der Waals surface area contributed by atoms with Gasteiger partial charge in [0.15, 0.2) is 9.84 Å². The van der Waals surface area contributed by atoms with E-state index < -0.39 is 9.84 Å². The van der Waals surface area contributed by atoms with Crippen molar-refractivity contribution in [1.82, 2.24) is 10.2 Å². The summed E-state index contributed by atoms with van der Waals surface area (Å²) in [5.41, 5.74) is 0. The van der Waals surface area contributed by atoms with Crippen LogP contribution in [0.5, 0.6) is 0 Å². The molecule has 18 heavy (non-hydrogen) atoms. The summed E-state index contributed by atoms with van der Waals surface area (Å²) >= 11 is 0. The van der Waals surface area contributed by atoms with Gasteiger partial charge in [0, 0.05) is 24.7 Å². The third kappa shape index (κ3) is 3.45. The van der Waals surface area contributed by atoms with Crippen LogP contribution in [0.15, 0.2) is 0 Å². The normalized spacial score (nSPS) is 37.6. The molecule has 1 atom stereocenters. The van der Waals surface area contributed by atoms with Crippen LogP contribution < -0.4 is 5.32 Å². The van der Waals surface area contributed by atoms with Gasteiger partial charge in [0.25, 0.3) is 0 Å². The van der Waals surface area contributed by atoms with Crippen LogP contribution in [0.25, 0.3) is 0 Å². The van der Waals surface area contributed by atoms with Crippen molar-refractivity contribution in [3.63, 3.8) is 0 Å². The molecule has 0 radical (unpaired) electrons. The molecule has 0 bridgehead atoms. The Bertz CT molecular complexity index is 361. The highest BCUT2D eigenvalue weighted by atomic mass is 32.2. The number of rotatable bonds is 3. The zero-order valence-electron chi connectivity index (χ0n) is 11.6. The zero-order chi connectivity index (χ0) is 13.2. The van der Waals surface area contributed by atoms with E-state index in [0.717, 1.165) is 13.1 Å². The third-order valence-electron chi connectivity index (χ3n) is 4.38. The first-order valence-electron chi connectivity index (χ1n) is 7.21. The fourth-order valence-corrected chi connectivity index (χ4v) is 5.04. The molecule has 0 aromatic heterocycles. The molecule has 0 aromatic carbocycles. The Balaban J connectivity index is 1.86. The number of nitrogens with one attached hydrogen (secondary N) is 1. The minimum atomic E-state index is -2.78. The molecule has 1 heterocycles. The van der Waals surface area contributed by atoms with E-state index in [-0.39, 0.29) is 6.04 Å². The van der Waals surface area contributed by atoms with Gasteiger partial charge >= 0.3 is 0 Å². The van der Waals surface area contributed by atoms with E-state index in [1.165, 1.54) is 25.7 Å². The molecular formula is C13H26N2O2S. The first-order valence-corrected chi connectivity index (χ1v) is 9.03. The Morgan fingerprint density at radius 3 is 2.44 bits per heavy atom. The highest BCUT2D eigenvalue weighted by Crippen LogP contribution is 2.26. The first kappa shape index (κ1) is 14.3. The second-order valence-corrected chi connectivity index (χ2v) is 7.99.